The summed E-state index contributed by atoms with van der Waals surface area (Å²) in [5.74, 6) is 0.509. The van der Waals surface area contributed by atoms with Gasteiger partial charge in [0.05, 0.1) is 17.1 Å². The van der Waals surface area contributed by atoms with E-state index in [0.717, 1.165) is 41.9 Å². The smallest absolute Gasteiger partial charge is 0.171 e. The average molecular weight is 284 g/mol. The Morgan fingerprint density at radius 2 is 1.86 bits per heavy atom. The van der Waals surface area contributed by atoms with E-state index in [0.29, 0.717) is 11.4 Å². The Morgan fingerprint density at radius 1 is 1.14 bits per heavy atom. The third-order valence-corrected chi connectivity index (χ3v) is 3.45. The number of rotatable bonds is 5. The lowest BCUT2D eigenvalue weighted by Crippen LogP contribution is -2.07. The van der Waals surface area contributed by atoms with Gasteiger partial charge in [0, 0.05) is 13.2 Å². The zero-order valence-corrected chi connectivity index (χ0v) is 12.9. The van der Waals surface area contributed by atoms with E-state index in [4.69, 9.17) is 0 Å². The summed E-state index contributed by atoms with van der Waals surface area (Å²) in [6.07, 6.45) is 4.25. The van der Waals surface area contributed by atoms with Gasteiger partial charge in [0.1, 0.15) is 11.6 Å². The van der Waals surface area contributed by atoms with Gasteiger partial charge < -0.3 is 5.32 Å². The predicted molar refractivity (Wildman–Crippen MR) is 81.4 cm³/mol. The first kappa shape index (κ1) is 15.0. The maximum atomic E-state index is 9.48. The van der Waals surface area contributed by atoms with Gasteiger partial charge in [-0.15, -0.1) is 5.10 Å². The third kappa shape index (κ3) is 2.87. The number of aromatic nitrogens is 4. The van der Waals surface area contributed by atoms with Gasteiger partial charge >= 0.3 is 0 Å². The fourth-order valence-corrected chi connectivity index (χ4v) is 2.41. The number of nitriles is 1. The molecule has 0 aliphatic heterocycles. The number of nitrogens with one attached hydrogen (secondary N) is 1. The Morgan fingerprint density at radius 3 is 2.43 bits per heavy atom. The molecule has 21 heavy (non-hydrogen) atoms. The lowest BCUT2D eigenvalue weighted by molar-refractivity contribution is 0.746. The van der Waals surface area contributed by atoms with E-state index in [1.807, 2.05) is 34.0 Å². The van der Waals surface area contributed by atoms with Crippen molar-refractivity contribution in [2.45, 2.75) is 40.0 Å². The van der Waals surface area contributed by atoms with Crippen molar-refractivity contribution >= 4 is 11.5 Å². The molecule has 6 heteroatoms. The van der Waals surface area contributed by atoms with E-state index in [-0.39, 0.29) is 0 Å². The minimum absolute atomic E-state index is 0.509. The Labute approximate surface area is 124 Å². The van der Waals surface area contributed by atoms with Gasteiger partial charge in [-0.25, -0.2) is 0 Å². The summed E-state index contributed by atoms with van der Waals surface area (Å²) in [6, 6.07) is 2.26. The molecule has 0 amide bonds. The second-order valence-electron chi connectivity index (χ2n) is 4.81. The van der Waals surface area contributed by atoms with Crippen LogP contribution in [-0.4, -0.2) is 20.0 Å². The maximum Gasteiger partial charge on any atom is 0.171 e. The van der Waals surface area contributed by atoms with Crippen molar-refractivity contribution in [1.82, 2.24) is 20.0 Å². The van der Waals surface area contributed by atoms with E-state index in [1.54, 1.807) is 4.68 Å². The fraction of sp³-hybridized carbons (Fsp3) is 0.467. The van der Waals surface area contributed by atoms with Crippen LogP contribution in [0.15, 0.2) is 6.20 Å². The van der Waals surface area contributed by atoms with E-state index in [1.165, 1.54) is 0 Å². The quantitative estimate of drug-likeness (QED) is 0.912. The van der Waals surface area contributed by atoms with Crippen LogP contribution >= 0.6 is 0 Å². The average Bonchev–Trinajstić information content (AvgIpc) is 2.86. The van der Waals surface area contributed by atoms with Crippen LogP contribution in [0.1, 0.15) is 43.3 Å². The molecule has 1 N–H and O–H groups in total. The van der Waals surface area contributed by atoms with Crippen LogP contribution in [0.25, 0.3) is 0 Å². The fourth-order valence-electron chi connectivity index (χ4n) is 2.41. The topological polar surface area (TPSA) is 79.4 Å². The lowest BCUT2D eigenvalue weighted by atomic mass is 10.0. The predicted octanol–water partition coefficient (Wildman–Crippen LogP) is 2.51. The van der Waals surface area contributed by atoms with Crippen LogP contribution < -0.4 is 5.32 Å². The van der Waals surface area contributed by atoms with Crippen molar-refractivity contribution in [3.8, 4) is 6.07 Å². The van der Waals surface area contributed by atoms with Crippen molar-refractivity contribution < 1.29 is 0 Å². The second kappa shape index (κ2) is 6.35. The largest absolute Gasteiger partial charge is 0.335 e. The van der Waals surface area contributed by atoms with E-state index < -0.39 is 0 Å². The van der Waals surface area contributed by atoms with Gasteiger partial charge in [-0.3, -0.25) is 4.68 Å². The van der Waals surface area contributed by atoms with Crippen LogP contribution in [-0.2, 0) is 26.3 Å². The van der Waals surface area contributed by atoms with Gasteiger partial charge in [-0.05, 0) is 24.8 Å². The summed E-state index contributed by atoms with van der Waals surface area (Å²) in [7, 11) is 1.87. The molecule has 0 fully saturated rings. The highest BCUT2D eigenvalue weighted by molar-refractivity contribution is 5.65. The zero-order valence-electron chi connectivity index (χ0n) is 12.9. The molecule has 2 rings (SSSR count). The van der Waals surface area contributed by atoms with Crippen LogP contribution in [0.2, 0.25) is 0 Å². The van der Waals surface area contributed by atoms with E-state index in [2.05, 4.69) is 26.7 Å². The molecule has 0 atom stereocenters. The number of hydrogen-bond donors (Lipinski definition) is 1. The van der Waals surface area contributed by atoms with Gasteiger partial charge in [0.2, 0.25) is 0 Å². The highest BCUT2D eigenvalue weighted by atomic mass is 15.3. The maximum absolute atomic E-state index is 9.48. The molecule has 0 aromatic carbocycles. The molecule has 0 spiro atoms. The monoisotopic (exact) mass is 284 g/mol. The summed E-state index contributed by atoms with van der Waals surface area (Å²) in [5, 5.41) is 25.5. The van der Waals surface area contributed by atoms with Gasteiger partial charge in [0.25, 0.3) is 0 Å². The van der Waals surface area contributed by atoms with Crippen molar-refractivity contribution in [2.75, 3.05) is 5.32 Å². The van der Waals surface area contributed by atoms with Crippen molar-refractivity contribution in [1.29, 1.82) is 5.26 Å². The Kier molecular flexibility index (Phi) is 4.53. The number of aryl methyl sites for hydroxylation is 3. The molecular formula is C15H20N6. The lowest BCUT2D eigenvalue weighted by Gasteiger charge is -2.11. The van der Waals surface area contributed by atoms with Crippen molar-refractivity contribution in [3.63, 3.8) is 0 Å². The van der Waals surface area contributed by atoms with Gasteiger partial charge in [-0.2, -0.15) is 15.5 Å². The molecule has 0 saturated carbocycles. The normalized spacial score (nSPS) is 10.4. The highest BCUT2D eigenvalue weighted by Crippen LogP contribution is 2.25. The molecule has 2 aromatic rings. The Balaban J connectivity index is 2.47. The number of hydrogen-bond acceptors (Lipinski definition) is 5. The molecule has 2 heterocycles. The molecule has 0 saturated heterocycles. The summed E-state index contributed by atoms with van der Waals surface area (Å²) in [6.45, 7) is 6.10. The Hall–Kier alpha value is -2.42. The van der Waals surface area contributed by atoms with Crippen LogP contribution in [0.3, 0.4) is 0 Å². The SMILES string of the molecule is CCc1nn(C)cc1Nc1nnc(CC)c(CC)c1C#N. The zero-order chi connectivity index (χ0) is 15.4. The van der Waals surface area contributed by atoms with Crippen LogP contribution in [0.4, 0.5) is 11.5 Å². The van der Waals surface area contributed by atoms with Gasteiger partial charge in [-0.1, -0.05) is 20.8 Å². The van der Waals surface area contributed by atoms with Crippen LogP contribution in [0.5, 0.6) is 0 Å². The third-order valence-electron chi connectivity index (χ3n) is 3.45. The number of nitrogens with zero attached hydrogens (tertiary/aromatic N) is 5. The molecule has 0 unspecified atom stereocenters. The van der Waals surface area contributed by atoms with E-state index in [9.17, 15) is 5.26 Å². The Bertz CT molecular complexity index is 680. The molecule has 0 radical (unpaired) electrons. The van der Waals surface area contributed by atoms with Crippen molar-refractivity contribution in [2.24, 2.45) is 7.05 Å². The standard InChI is InChI=1S/C15H20N6/c1-5-10-11(8-16)15(19-18-12(10)6-2)17-14-9-21(4)20-13(14)7-3/h9H,5-7H2,1-4H3,(H,17,19). The summed E-state index contributed by atoms with van der Waals surface area (Å²) < 4.78 is 1.75. The molecule has 2 aromatic heterocycles. The van der Waals surface area contributed by atoms with Crippen LogP contribution in [0, 0.1) is 11.3 Å². The minimum atomic E-state index is 0.509. The minimum Gasteiger partial charge on any atom is -0.335 e. The molecule has 0 bridgehead atoms. The molecule has 110 valence electrons. The summed E-state index contributed by atoms with van der Waals surface area (Å²) >= 11 is 0. The van der Waals surface area contributed by atoms with Gasteiger partial charge in [0.15, 0.2) is 5.82 Å². The molecule has 6 nitrogen and oxygen atoms in total. The molecule has 0 aliphatic carbocycles. The first-order valence-electron chi connectivity index (χ1n) is 7.22. The number of anilines is 2. The first-order valence-corrected chi connectivity index (χ1v) is 7.22. The van der Waals surface area contributed by atoms with Crippen molar-refractivity contribution in [3.05, 3.63) is 28.7 Å². The second-order valence-corrected chi connectivity index (χ2v) is 4.81. The summed E-state index contributed by atoms with van der Waals surface area (Å²) in [5.41, 5.74) is 4.26. The molecule has 0 aliphatic rings. The summed E-state index contributed by atoms with van der Waals surface area (Å²) in [4.78, 5) is 0. The van der Waals surface area contributed by atoms with E-state index >= 15 is 0 Å². The highest BCUT2D eigenvalue weighted by Gasteiger charge is 2.16. The first-order chi connectivity index (χ1) is 10.1. The molecular weight excluding hydrogens is 264 g/mol.